The molecule has 0 unspecified atom stereocenters. The summed E-state index contributed by atoms with van der Waals surface area (Å²) in [4.78, 5) is 23.6. The average Bonchev–Trinajstić information content (AvgIpc) is 2.66. The van der Waals surface area contributed by atoms with Crippen molar-refractivity contribution in [2.75, 3.05) is 13.2 Å². The van der Waals surface area contributed by atoms with Crippen LogP contribution in [-0.2, 0) is 9.53 Å². The highest BCUT2D eigenvalue weighted by atomic mass is 16.5. The Morgan fingerprint density at radius 1 is 1.30 bits per heavy atom. The number of hydrazone groups is 1. The molecule has 1 aromatic carbocycles. The molecule has 1 aliphatic carbocycles. The number of amides is 1. The molecule has 1 atom stereocenters. The third-order valence-corrected chi connectivity index (χ3v) is 4.35. The van der Waals surface area contributed by atoms with E-state index in [2.05, 4.69) is 23.2 Å². The van der Waals surface area contributed by atoms with Gasteiger partial charge in [-0.25, -0.2) is 10.2 Å². The van der Waals surface area contributed by atoms with Crippen LogP contribution in [0.1, 0.15) is 44.0 Å². The number of ether oxygens (including phenoxy) is 2. The van der Waals surface area contributed by atoms with E-state index in [0.29, 0.717) is 23.8 Å². The first-order valence-corrected chi connectivity index (χ1v) is 8.98. The maximum atomic E-state index is 12.0. The SMILES string of the molecule is C=C(C)[C@@H]1CC=C(C)/C(=N\NC(=O)COc2ccc(C(=O)OCC)cc2)C1. The molecule has 1 amide bonds. The lowest BCUT2D eigenvalue weighted by atomic mass is 9.85. The van der Waals surface area contributed by atoms with Crippen LogP contribution in [0.15, 0.2) is 53.2 Å². The second-order valence-corrected chi connectivity index (χ2v) is 6.50. The minimum atomic E-state index is -0.387. The molecule has 0 spiro atoms. The Hall–Kier alpha value is -2.89. The molecule has 6 heteroatoms. The van der Waals surface area contributed by atoms with Gasteiger partial charge in [0.1, 0.15) is 5.75 Å². The fourth-order valence-electron chi connectivity index (χ4n) is 2.64. The van der Waals surface area contributed by atoms with Gasteiger partial charge < -0.3 is 9.47 Å². The van der Waals surface area contributed by atoms with Gasteiger partial charge >= 0.3 is 5.97 Å². The van der Waals surface area contributed by atoms with Crippen molar-refractivity contribution in [1.82, 2.24) is 5.43 Å². The van der Waals surface area contributed by atoms with Gasteiger partial charge in [-0.15, -0.1) is 0 Å². The molecule has 0 heterocycles. The highest BCUT2D eigenvalue weighted by molar-refractivity contribution is 6.01. The minimum Gasteiger partial charge on any atom is -0.484 e. The van der Waals surface area contributed by atoms with Crippen LogP contribution in [0.2, 0.25) is 0 Å². The Labute approximate surface area is 159 Å². The van der Waals surface area contributed by atoms with Crippen molar-refractivity contribution in [3.63, 3.8) is 0 Å². The Balaban J connectivity index is 1.85. The summed E-state index contributed by atoms with van der Waals surface area (Å²) in [7, 11) is 0. The van der Waals surface area contributed by atoms with E-state index in [1.54, 1.807) is 31.2 Å². The van der Waals surface area contributed by atoms with Gasteiger partial charge in [0.15, 0.2) is 6.61 Å². The van der Waals surface area contributed by atoms with Gasteiger partial charge in [0.2, 0.25) is 0 Å². The first-order chi connectivity index (χ1) is 12.9. The van der Waals surface area contributed by atoms with Crippen molar-refractivity contribution in [3.8, 4) is 5.75 Å². The Bertz CT molecular complexity index is 763. The van der Waals surface area contributed by atoms with Crippen LogP contribution < -0.4 is 10.2 Å². The molecule has 0 saturated heterocycles. The molecule has 0 fully saturated rings. The zero-order chi connectivity index (χ0) is 19.8. The van der Waals surface area contributed by atoms with Crippen LogP contribution in [0, 0.1) is 5.92 Å². The lowest BCUT2D eigenvalue weighted by molar-refractivity contribution is -0.123. The van der Waals surface area contributed by atoms with Crippen molar-refractivity contribution < 1.29 is 19.1 Å². The second-order valence-electron chi connectivity index (χ2n) is 6.50. The highest BCUT2D eigenvalue weighted by Gasteiger charge is 2.18. The van der Waals surface area contributed by atoms with Crippen LogP contribution in [0.25, 0.3) is 0 Å². The van der Waals surface area contributed by atoms with Crippen LogP contribution in [0.5, 0.6) is 5.75 Å². The summed E-state index contributed by atoms with van der Waals surface area (Å²) in [6, 6.07) is 6.44. The summed E-state index contributed by atoms with van der Waals surface area (Å²) in [5.74, 6) is 0.115. The Kier molecular flexibility index (Phi) is 7.34. The molecule has 27 heavy (non-hydrogen) atoms. The monoisotopic (exact) mass is 370 g/mol. The molecule has 0 radical (unpaired) electrons. The third-order valence-electron chi connectivity index (χ3n) is 4.35. The number of esters is 1. The molecule has 0 aromatic heterocycles. The summed E-state index contributed by atoms with van der Waals surface area (Å²) in [6.07, 6.45) is 3.85. The number of rotatable bonds is 7. The molecule has 0 aliphatic heterocycles. The first-order valence-electron chi connectivity index (χ1n) is 8.98. The normalized spacial score (nSPS) is 17.8. The van der Waals surface area contributed by atoms with Gasteiger partial charge in [-0.2, -0.15) is 5.10 Å². The van der Waals surface area contributed by atoms with Gasteiger partial charge in [-0.3, -0.25) is 4.79 Å². The lowest BCUT2D eigenvalue weighted by Gasteiger charge is -2.22. The Morgan fingerprint density at radius 2 is 2.00 bits per heavy atom. The smallest absolute Gasteiger partial charge is 0.338 e. The molecule has 1 aromatic rings. The molecule has 6 nitrogen and oxygen atoms in total. The van der Waals surface area contributed by atoms with E-state index in [1.165, 1.54) is 0 Å². The number of allylic oxidation sites excluding steroid dienone is 3. The number of nitrogens with zero attached hydrogens (tertiary/aromatic N) is 1. The van der Waals surface area contributed by atoms with Crippen molar-refractivity contribution in [2.24, 2.45) is 11.0 Å². The van der Waals surface area contributed by atoms with Crippen molar-refractivity contribution >= 4 is 17.6 Å². The van der Waals surface area contributed by atoms with E-state index in [9.17, 15) is 9.59 Å². The number of carbonyl (C=O) groups is 2. The zero-order valence-corrected chi connectivity index (χ0v) is 16.1. The number of nitrogens with one attached hydrogen (secondary N) is 1. The molecular weight excluding hydrogens is 344 g/mol. The highest BCUT2D eigenvalue weighted by Crippen LogP contribution is 2.26. The van der Waals surface area contributed by atoms with Gasteiger partial charge in [0, 0.05) is 0 Å². The summed E-state index contributed by atoms with van der Waals surface area (Å²) >= 11 is 0. The van der Waals surface area contributed by atoms with Crippen LogP contribution >= 0.6 is 0 Å². The van der Waals surface area contributed by atoms with Crippen LogP contribution in [0.4, 0.5) is 0 Å². The topological polar surface area (TPSA) is 77.0 Å². The predicted octanol–water partition coefficient (Wildman–Crippen LogP) is 3.65. The molecule has 1 aliphatic rings. The summed E-state index contributed by atoms with van der Waals surface area (Å²) < 4.78 is 10.3. The van der Waals surface area contributed by atoms with Gasteiger partial charge in [-0.05, 0) is 69.4 Å². The Morgan fingerprint density at radius 3 is 2.63 bits per heavy atom. The maximum absolute atomic E-state index is 12.0. The molecule has 2 rings (SSSR count). The first kappa shape index (κ1) is 20.4. The summed E-state index contributed by atoms with van der Waals surface area (Å²) in [5, 5.41) is 4.23. The maximum Gasteiger partial charge on any atom is 0.338 e. The van der Waals surface area contributed by atoms with Crippen molar-refractivity contribution in [2.45, 2.75) is 33.6 Å². The molecule has 0 bridgehead atoms. The largest absolute Gasteiger partial charge is 0.484 e. The van der Waals surface area contributed by atoms with Gasteiger partial charge in [-0.1, -0.05) is 18.2 Å². The average molecular weight is 370 g/mol. The van der Waals surface area contributed by atoms with Gasteiger partial charge in [0.05, 0.1) is 17.9 Å². The fourth-order valence-corrected chi connectivity index (χ4v) is 2.64. The van der Waals surface area contributed by atoms with Crippen LogP contribution in [0.3, 0.4) is 0 Å². The minimum absolute atomic E-state index is 0.164. The quantitative estimate of drug-likeness (QED) is 0.451. The number of carbonyl (C=O) groups excluding carboxylic acids is 2. The van der Waals surface area contributed by atoms with E-state index in [1.807, 2.05) is 13.8 Å². The summed E-state index contributed by atoms with van der Waals surface area (Å²) in [6.45, 7) is 9.91. The summed E-state index contributed by atoms with van der Waals surface area (Å²) in [5.41, 5.74) is 6.03. The second kappa shape index (κ2) is 9.71. The van der Waals surface area contributed by atoms with E-state index >= 15 is 0 Å². The molecule has 144 valence electrons. The standard InChI is InChI=1S/C21H26N2O4/c1-5-26-21(25)16-8-10-18(11-9-16)27-13-20(24)23-22-19-12-17(14(2)3)7-6-15(19)4/h6,8-11,17H,2,5,7,12-13H2,1,3-4H3,(H,23,24)/b22-19-/t17-/m1/s1. The zero-order valence-electron chi connectivity index (χ0n) is 16.1. The fraction of sp³-hybridized carbons (Fsp3) is 0.381. The van der Waals surface area contributed by atoms with E-state index in [4.69, 9.17) is 9.47 Å². The number of benzene rings is 1. The van der Waals surface area contributed by atoms with E-state index < -0.39 is 0 Å². The lowest BCUT2D eigenvalue weighted by Crippen LogP contribution is -2.27. The van der Waals surface area contributed by atoms with Crippen molar-refractivity contribution in [3.05, 3.63) is 53.6 Å². The molecule has 1 N–H and O–H groups in total. The number of hydrogen-bond donors (Lipinski definition) is 1. The van der Waals surface area contributed by atoms with Crippen molar-refractivity contribution in [1.29, 1.82) is 0 Å². The van der Waals surface area contributed by atoms with E-state index in [0.717, 1.165) is 29.7 Å². The number of hydrogen-bond acceptors (Lipinski definition) is 5. The molecule has 0 saturated carbocycles. The van der Waals surface area contributed by atoms with Gasteiger partial charge in [0.25, 0.3) is 5.91 Å². The third kappa shape index (κ3) is 6.09. The molecular formula is C21H26N2O4. The van der Waals surface area contributed by atoms with Crippen LogP contribution in [-0.4, -0.2) is 30.8 Å². The predicted molar refractivity (Wildman–Crippen MR) is 105 cm³/mol. The van der Waals surface area contributed by atoms with E-state index in [-0.39, 0.29) is 18.5 Å².